The van der Waals surface area contributed by atoms with Crippen LogP contribution in [0.1, 0.15) is 50.5 Å². The number of halogens is 2. The molecule has 13 heteroatoms. The maximum atomic E-state index is 16.9. The Labute approximate surface area is 295 Å². The Morgan fingerprint density at radius 1 is 1.14 bits per heavy atom. The second-order valence-electron chi connectivity index (χ2n) is 14.5. The summed E-state index contributed by atoms with van der Waals surface area (Å²) in [6.07, 6.45) is 13.5. The number of likely N-dealkylation sites (N-methyl/N-ethyl adjacent to an activating group) is 1. The molecule has 1 aliphatic carbocycles. The van der Waals surface area contributed by atoms with Gasteiger partial charge in [0.1, 0.15) is 41.8 Å². The highest BCUT2D eigenvalue weighted by Gasteiger charge is 2.50. The number of phenolic OH excluding ortho intramolecular Hbond substituents is 1. The number of fused-ring (bicyclic) bond motifs is 3. The van der Waals surface area contributed by atoms with Gasteiger partial charge in [-0.3, -0.25) is 9.88 Å². The number of terminal acetylenes is 1. The molecule has 0 spiro atoms. The van der Waals surface area contributed by atoms with E-state index in [0.717, 1.165) is 51.5 Å². The van der Waals surface area contributed by atoms with Crippen molar-refractivity contribution in [1.82, 2.24) is 29.7 Å². The van der Waals surface area contributed by atoms with Gasteiger partial charge in [0.25, 0.3) is 0 Å². The first-order chi connectivity index (χ1) is 24.4. The lowest BCUT2D eigenvalue weighted by Crippen LogP contribution is -2.54. The fourth-order valence-corrected chi connectivity index (χ4v) is 8.08. The number of carbonyl (C=O) groups excluding carboxylic acids is 1. The zero-order valence-electron chi connectivity index (χ0n) is 29.4. The van der Waals surface area contributed by atoms with Crippen LogP contribution >= 0.6 is 0 Å². The quantitative estimate of drug-likeness (QED) is 0.198. The number of aromatic nitrogens is 3. The topological polar surface area (TPSA) is 116 Å². The number of amides is 1. The normalized spacial score (nSPS) is 21.0. The van der Waals surface area contributed by atoms with Crippen molar-refractivity contribution in [3.63, 3.8) is 0 Å². The Morgan fingerprint density at radius 3 is 2.65 bits per heavy atom. The third kappa shape index (κ3) is 6.14. The average Bonchev–Trinajstić information content (AvgIpc) is 3.65. The Kier molecular flexibility index (Phi) is 9.10. The minimum absolute atomic E-state index is 0.00778. The maximum Gasteiger partial charge on any atom is 0.409 e. The van der Waals surface area contributed by atoms with Gasteiger partial charge >= 0.3 is 12.1 Å². The molecule has 2 aromatic carbocycles. The fraction of sp³-hybridized carbons (Fsp3) is 0.474. The van der Waals surface area contributed by atoms with Gasteiger partial charge in [-0.05, 0) is 89.2 Å². The molecule has 2 aromatic heterocycles. The number of carbonyl (C=O) groups is 1. The molecular formula is C38H43F2N7O4. The van der Waals surface area contributed by atoms with Crippen molar-refractivity contribution in [2.75, 3.05) is 59.8 Å². The van der Waals surface area contributed by atoms with Crippen LogP contribution in [0.2, 0.25) is 0 Å². The molecule has 0 radical (unpaired) electrons. The fourth-order valence-electron chi connectivity index (χ4n) is 8.08. The lowest BCUT2D eigenvalue weighted by atomic mass is 9.75. The van der Waals surface area contributed by atoms with Gasteiger partial charge in [-0.2, -0.15) is 9.97 Å². The van der Waals surface area contributed by atoms with Crippen LogP contribution in [-0.4, -0.2) is 112 Å². The number of nitrogens with one attached hydrogen (secondary N) is 1. The van der Waals surface area contributed by atoms with Gasteiger partial charge < -0.3 is 29.7 Å². The summed E-state index contributed by atoms with van der Waals surface area (Å²) >= 11 is 0. The third-order valence-corrected chi connectivity index (χ3v) is 11.2. The first-order valence-electron chi connectivity index (χ1n) is 17.4. The van der Waals surface area contributed by atoms with E-state index in [1.54, 1.807) is 14.1 Å². The van der Waals surface area contributed by atoms with Gasteiger partial charge in [0.15, 0.2) is 5.82 Å². The summed E-state index contributed by atoms with van der Waals surface area (Å²) in [5.74, 6) is 1.20. The van der Waals surface area contributed by atoms with E-state index >= 15 is 4.39 Å². The Balaban J connectivity index is 1.26. The van der Waals surface area contributed by atoms with Crippen molar-refractivity contribution in [3.8, 4) is 35.4 Å². The minimum atomic E-state index is -0.780. The predicted octanol–water partition coefficient (Wildman–Crippen LogP) is 5.78. The molecule has 3 fully saturated rings. The molecule has 4 heterocycles. The van der Waals surface area contributed by atoms with Crippen LogP contribution in [0.25, 0.3) is 32.9 Å². The molecule has 268 valence electrons. The average molecular weight is 700 g/mol. The molecule has 2 aliphatic heterocycles. The molecule has 11 nitrogen and oxygen atoms in total. The zero-order chi connectivity index (χ0) is 36.1. The van der Waals surface area contributed by atoms with Crippen LogP contribution in [0.5, 0.6) is 11.8 Å². The Morgan fingerprint density at radius 2 is 1.94 bits per heavy atom. The molecule has 1 saturated carbocycles. The second kappa shape index (κ2) is 13.4. The summed E-state index contributed by atoms with van der Waals surface area (Å²) in [6, 6.07) is 5.55. The highest BCUT2D eigenvalue weighted by atomic mass is 19.1. The third-order valence-electron chi connectivity index (χ3n) is 11.2. The number of rotatable bonds is 10. The van der Waals surface area contributed by atoms with E-state index < -0.39 is 11.6 Å². The van der Waals surface area contributed by atoms with Gasteiger partial charge in [0, 0.05) is 49.4 Å². The van der Waals surface area contributed by atoms with Gasteiger partial charge in [-0.25, -0.2) is 13.6 Å². The van der Waals surface area contributed by atoms with Crippen molar-refractivity contribution in [2.45, 2.75) is 62.1 Å². The molecule has 2 atom stereocenters. The number of hydrogen-bond donors (Lipinski definition) is 2. The molecule has 0 bridgehead atoms. The van der Waals surface area contributed by atoms with Crippen molar-refractivity contribution in [3.05, 3.63) is 47.7 Å². The van der Waals surface area contributed by atoms with Crippen molar-refractivity contribution >= 4 is 33.6 Å². The molecule has 2 saturated heterocycles. The molecule has 4 aromatic rings. The largest absolute Gasteiger partial charge is 0.508 e. The number of hydrogen-bond acceptors (Lipinski definition) is 10. The summed E-state index contributed by atoms with van der Waals surface area (Å²) in [5, 5.41) is 15.1. The standard InChI is InChI=1S/C38H43F2N7O4/c1-6-26-29(39)10-9-23-17-25(48)18-27(30(23)26)32-31(40)33-28(19-41-32)34(42-21-37(46(4)5)12-7-13-37)44-35(43-33)51-22-38-14-8-16-47(38)24(11-15-38)20-50-36(49)45(2)3/h1,9-10,17-19,24,48H,7-8,11-16,20-22H2,2-5H3,(H,42,43,44)/t24-,38?/m1/s1. The number of nitrogens with zero attached hydrogens (tertiary/aromatic N) is 6. The summed E-state index contributed by atoms with van der Waals surface area (Å²) in [5.41, 5.74) is -0.453. The van der Waals surface area contributed by atoms with Crippen molar-refractivity contribution in [1.29, 1.82) is 0 Å². The SMILES string of the molecule is C#Cc1c(F)ccc2cc(O)cc(-c3ncc4c(NCC5(N(C)C)CCC5)nc(OCC56CCCN5[C@@H](COC(=O)N(C)C)CC6)nc4c3F)c12. The maximum absolute atomic E-state index is 16.9. The molecule has 3 aliphatic rings. The van der Waals surface area contributed by atoms with Crippen LogP contribution in [0.3, 0.4) is 0 Å². The van der Waals surface area contributed by atoms with Crippen LogP contribution in [0, 0.1) is 24.0 Å². The van der Waals surface area contributed by atoms with Crippen LogP contribution in [0.4, 0.5) is 19.4 Å². The number of phenols is 1. The lowest BCUT2D eigenvalue weighted by Gasteiger charge is -2.47. The van der Waals surface area contributed by atoms with E-state index in [0.29, 0.717) is 29.7 Å². The monoisotopic (exact) mass is 699 g/mol. The van der Waals surface area contributed by atoms with Gasteiger partial charge in [0.05, 0.1) is 16.5 Å². The Bertz CT molecular complexity index is 2050. The Hall–Kier alpha value is -4.80. The number of aromatic hydroxyl groups is 1. The summed E-state index contributed by atoms with van der Waals surface area (Å²) in [7, 11) is 7.42. The number of anilines is 1. The predicted molar refractivity (Wildman–Crippen MR) is 191 cm³/mol. The van der Waals surface area contributed by atoms with Gasteiger partial charge in [-0.1, -0.05) is 12.0 Å². The number of benzene rings is 2. The number of ether oxygens (including phenoxy) is 2. The molecule has 1 amide bonds. The minimum Gasteiger partial charge on any atom is -0.508 e. The molecule has 1 unspecified atom stereocenters. The summed E-state index contributed by atoms with van der Waals surface area (Å²) in [6.45, 7) is 2.00. The van der Waals surface area contributed by atoms with E-state index in [-0.39, 0.29) is 69.3 Å². The first-order valence-corrected chi connectivity index (χ1v) is 17.4. The van der Waals surface area contributed by atoms with E-state index in [4.69, 9.17) is 20.9 Å². The summed E-state index contributed by atoms with van der Waals surface area (Å²) < 4.78 is 43.7. The summed E-state index contributed by atoms with van der Waals surface area (Å²) in [4.78, 5) is 32.0. The van der Waals surface area contributed by atoms with Crippen molar-refractivity contribution < 1.29 is 28.2 Å². The van der Waals surface area contributed by atoms with E-state index in [1.807, 2.05) is 0 Å². The molecule has 2 N–H and O–H groups in total. The van der Waals surface area contributed by atoms with E-state index in [2.05, 4.69) is 45.1 Å². The van der Waals surface area contributed by atoms with E-state index in [9.17, 15) is 14.3 Å². The van der Waals surface area contributed by atoms with Gasteiger partial charge in [0.2, 0.25) is 0 Å². The van der Waals surface area contributed by atoms with Gasteiger partial charge in [-0.15, -0.1) is 6.42 Å². The first kappa shape index (κ1) is 34.6. The molecular weight excluding hydrogens is 656 g/mol. The lowest BCUT2D eigenvalue weighted by molar-refractivity contribution is 0.0484. The second-order valence-corrected chi connectivity index (χ2v) is 14.5. The zero-order valence-corrected chi connectivity index (χ0v) is 29.4. The molecule has 51 heavy (non-hydrogen) atoms. The smallest absolute Gasteiger partial charge is 0.409 e. The molecule has 7 rings (SSSR count). The van der Waals surface area contributed by atoms with Crippen LogP contribution < -0.4 is 10.1 Å². The van der Waals surface area contributed by atoms with Crippen LogP contribution in [0.15, 0.2) is 30.5 Å². The van der Waals surface area contributed by atoms with E-state index in [1.165, 1.54) is 35.4 Å². The highest BCUT2D eigenvalue weighted by Crippen LogP contribution is 2.44. The van der Waals surface area contributed by atoms with Crippen molar-refractivity contribution in [2.24, 2.45) is 0 Å². The highest BCUT2D eigenvalue weighted by molar-refractivity contribution is 6.03. The number of pyridine rings is 1. The van der Waals surface area contributed by atoms with Crippen LogP contribution in [-0.2, 0) is 4.74 Å².